The Kier molecular flexibility index (Phi) is 5.15. The van der Waals surface area contributed by atoms with Crippen LogP contribution in [-0.2, 0) is 20.9 Å². The normalized spacial score (nSPS) is 21.1. The van der Waals surface area contributed by atoms with Crippen LogP contribution in [0.5, 0.6) is 0 Å². The highest BCUT2D eigenvalue weighted by Crippen LogP contribution is 2.31. The van der Waals surface area contributed by atoms with Crippen LogP contribution in [-0.4, -0.2) is 49.6 Å². The quantitative estimate of drug-likeness (QED) is 0.848. The van der Waals surface area contributed by atoms with Gasteiger partial charge >= 0.3 is 0 Å². The summed E-state index contributed by atoms with van der Waals surface area (Å²) in [4.78, 5) is 26.3. The third-order valence-corrected chi connectivity index (χ3v) is 4.06. The van der Waals surface area contributed by atoms with Crippen molar-refractivity contribution in [2.45, 2.75) is 25.0 Å². The van der Waals surface area contributed by atoms with Crippen molar-refractivity contribution in [2.75, 3.05) is 27.4 Å². The molecule has 1 aromatic carbocycles. The molecule has 6 heteroatoms. The average molecular weight is 306 g/mol. The fourth-order valence-electron chi connectivity index (χ4n) is 3.01. The van der Waals surface area contributed by atoms with Gasteiger partial charge in [0.2, 0.25) is 5.91 Å². The van der Waals surface area contributed by atoms with E-state index in [4.69, 9.17) is 15.2 Å². The first-order valence-electron chi connectivity index (χ1n) is 7.24. The number of hydrogen-bond acceptors (Lipinski definition) is 4. The third-order valence-electron chi connectivity index (χ3n) is 4.06. The maximum Gasteiger partial charge on any atom is 0.254 e. The second-order valence-corrected chi connectivity index (χ2v) is 5.52. The van der Waals surface area contributed by atoms with Gasteiger partial charge in [-0.3, -0.25) is 9.59 Å². The summed E-state index contributed by atoms with van der Waals surface area (Å²) in [6, 6.07) is 7.21. The molecule has 1 heterocycles. The molecule has 0 aromatic heterocycles. The van der Waals surface area contributed by atoms with E-state index in [9.17, 15) is 9.59 Å². The van der Waals surface area contributed by atoms with Crippen LogP contribution in [0.4, 0.5) is 0 Å². The Morgan fingerprint density at radius 3 is 2.73 bits per heavy atom. The summed E-state index contributed by atoms with van der Waals surface area (Å²) < 4.78 is 10.2. The van der Waals surface area contributed by atoms with Gasteiger partial charge in [-0.25, -0.2) is 0 Å². The molecule has 1 aliphatic heterocycles. The Bertz CT molecular complexity index is 561. The van der Waals surface area contributed by atoms with E-state index < -0.39 is 11.4 Å². The Hall–Kier alpha value is -1.92. The Labute approximate surface area is 130 Å². The van der Waals surface area contributed by atoms with Gasteiger partial charge in [0.25, 0.3) is 5.91 Å². The Morgan fingerprint density at radius 2 is 2.09 bits per heavy atom. The van der Waals surface area contributed by atoms with Crippen molar-refractivity contribution in [1.29, 1.82) is 0 Å². The van der Waals surface area contributed by atoms with Gasteiger partial charge in [-0.1, -0.05) is 12.1 Å². The lowest BCUT2D eigenvalue weighted by Gasteiger charge is -2.35. The van der Waals surface area contributed by atoms with Gasteiger partial charge in [0.15, 0.2) is 0 Å². The summed E-state index contributed by atoms with van der Waals surface area (Å²) in [7, 11) is 3.11. The van der Waals surface area contributed by atoms with Gasteiger partial charge in [0, 0.05) is 26.3 Å². The third kappa shape index (κ3) is 2.98. The van der Waals surface area contributed by atoms with E-state index in [1.807, 2.05) is 6.07 Å². The van der Waals surface area contributed by atoms with Crippen LogP contribution in [0.15, 0.2) is 24.3 Å². The zero-order valence-electron chi connectivity index (χ0n) is 13.0. The molecule has 0 bridgehead atoms. The van der Waals surface area contributed by atoms with E-state index in [0.717, 1.165) is 12.0 Å². The molecule has 0 spiro atoms. The standard InChI is InChI=1S/C16H22N2O4/c1-21-10-12-5-3-6-13(9-12)14(19)18-8-4-7-16(18,11-22-2)15(17)20/h3,5-6,9H,4,7-8,10-11H2,1-2H3,(H2,17,20). The highest BCUT2D eigenvalue weighted by molar-refractivity contribution is 5.99. The van der Waals surface area contributed by atoms with Crippen molar-refractivity contribution in [3.63, 3.8) is 0 Å². The molecule has 2 amide bonds. The van der Waals surface area contributed by atoms with E-state index >= 15 is 0 Å². The number of nitrogens with zero attached hydrogens (tertiary/aromatic N) is 1. The second-order valence-electron chi connectivity index (χ2n) is 5.52. The van der Waals surface area contributed by atoms with Gasteiger partial charge in [0.05, 0.1) is 13.2 Å². The van der Waals surface area contributed by atoms with Crippen LogP contribution in [0.2, 0.25) is 0 Å². The molecule has 2 rings (SSSR count). The maximum atomic E-state index is 12.8. The lowest BCUT2D eigenvalue weighted by Crippen LogP contribution is -2.58. The number of benzene rings is 1. The minimum Gasteiger partial charge on any atom is -0.382 e. The maximum absolute atomic E-state index is 12.8. The van der Waals surface area contributed by atoms with Gasteiger partial charge in [-0.2, -0.15) is 0 Å². The molecular weight excluding hydrogens is 284 g/mol. The van der Waals surface area contributed by atoms with Crippen molar-refractivity contribution in [3.8, 4) is 0 Å². The molecule has 1 aromatic rings. The number of methoxy groups -OCH3 is 2. The molecule has 120 valence electrons. The van der Waals surface area contributed by atoms with Crippen LogP contribution < -0.4 is 5.73 Å². The molecule has 0 radical (unpaired) electrons. The van der Waals surface area contributed by atoms with Crippen LogP contribution >= 0.6 is 0 Å². The summed E-state index contributed by atoms with van der Waals surface area (Å²) in [5, 5.41) is 0. The van der Waals surface area contributed by atoms with E-state index in [0.29, 0.717) is 25.1 Å². The molecule has 6 nitrogen and oxygen atoms in total. The number of amides is 2. The minimum absolute atomic E-state index is 0.117. The number of carbonyl (C=O) groups excluding carboxylic acids is 2. The van der Waals surface area contributed by atoms with E-state index in [1.54, 1.807) is 30.2 Å². The van der Waals surface area contributed by atoms with Crippen molar-refractivity contribution in [1.82, 2.24) is 4.90 Å². The van der Waals surface area contributed by atoms with Crippen LogP contribution in [0.1, 0.15) is 28.8 Å². The number of primary amides is 1. The van der Waals surface area contributed by atoms with Crippen molar-refractivity contribution < 1.29 is 19.1 Å². The molecule has 1 unspecified atom stereocenters. The van der Waals surface area contributed by atoms with Crippen LogP contribution in [0.25, 0.3) is 0 Å². The zero-order chi connectivity index (χ0) is 16.2. The molecule has 2 N–H and O–H groups in total. The molecular formula is C16H22N2O4. The lowest BCUT2D eigenvalue weighted by atomic mass is 9.95. The second kappa shape index (κ2) is 6.89. The Balaban J connectivity index is 2.31. The van der Waals surface area contributed by atoms with E-state index in [2.05, 4.69) is 0 Å². The molecule has 1 saturated heterocycles. The highest BCUT2D eigenvalue weighted by atomic mass is 16.5. The summed E-state index contributed by atoms with van der Waals surface area (Å²) in [6.07, 6.45) is 1.26. The predicted molar refractivity (Wildman–Crippen MR) is 81.2 cm³/mol. The minimum atomic E-state index is -1.05. The first-order valence-corrected chi connectivity index (χ1v) is 7.24. The highest BCUT2D eigenvalue weighted by Gasteiger charge is 2.48. The van der Waals surface area contributed by atoms with E-state index in [-0.39, 0.29) is 12.5 Å². The number of nitrogens with two attached hydrogens (primary N) is 1. The molecule has 0 aliphatic carbocycles. The summed E-state index contributed by atoms with van der Waals surface area (Å²) in [5.74, 6) is -0.723. The van der Waals surface area contributed by atoms with E-state index in [1.165, 1.54) is 7.11 Å². The SMILES string of the molecule is COCc1cccc(C(=O)N2CCCC2(COC)C(N)=O)c1. The fraction of sp³-hybridized carbons (Fsp3) is 0.500. The summed E-state index contributed by atoms with van der Waals surface area (Å²) in [6.45, 7) is 1.05. The molecule has 1 fully saturated rings. The lowest BCUT2D eigenvalue weighted by molar-refractivity contribution is -0.130. The number of ether oxygens (including phenoxy) is 2. The van der Waals surface area contributed by atoms with Gasteiger partial charge in [-0.15, -0.1) is 0 Å². The first kappa shape index (κ1) is 16.5. The monoisotopic (exact) mass is 306 g/mol. The van der Waals surface area contributed by atoms with Gasteiger partial charge in [0.1, 0.15) is 5.54 Å². The number of rotatable bonds is 6. The van der Waals surface area contributed by atoms with Crippen molar-refractivity contribution in [2.24, 2.45) is 5.73 Å². The molecule has 1 aliphatic rings. The topological polar surface area (TPSA) is 81.9 Å². The van der Waals surface area contributed by atoms with Gasteiger partial charge < -0.3 is 20.1 Å². The number of hydrogen-bond donors (Lipinski definition) is 1. The molecule has 22 heavy (non-hydrogen) atoms. The number of carbonyl (C=O) groups is 2. The van der Waals surface area contributed by atoms with Crippen LogP contribution in [0.3, 0.4) is 0 Å². The number of likely N-dealkylation sites (tertiary alicyclic amines) is 1. The molecule has 0 saturated carbocycles. The Morgan fingerprint density at radius 1 is 1.32 bits per heavy atom. The van der Waals surface area contributed by atoms with Crippen molar-refractivity contribution in [3.05, 3.63) is 35.4 Å². The molecule has 1 atom stereocenters. The fourth-order valence-corrected chi connectivity index (χ4v) is 3.01. The van der Waals surface area contributed by atoms with Crippen molar-refractivity contribution >= 4 is 11.8 Å². The largest absolute Gasteiger partial charge is 0.382 e. The first-order chi connectivity index (χ1) is 10.5. The van der Waals surface area contributed by atoms with Gasteiger partial charge in [-0.05, 0) is 30.5 Å². The predicted octanol–water partition coefficient (Wildman–Crippen LogP) is 0.940. The average Bonchev–Trinajstić information content (AvgIpc) is 2.92. The zero-order valence-corrected chi connectivity index (χ0v) is 13.0. The van der Waals surface area contributed by atoms with Crippen LogP contribution in [0, 0.1) is 0 Å². The smallest absolute Gasteiger partial charge is 0.254 e. The summed E-state index contributed by atoms with van der Waals surface area (Å²) in [5.41, 5.74) is 5.95. The summed E-state index contributed by atoms with van der Waals surface area (Å²) >= 11 is 0.